The average molecular weight is 481 g/mol. The van der Waals surface area contributed by atoms with E-state index in [1.807, 2.05) is 12.4 Å². The maximum atomic E-state index is 13.0. The van der Waals surface area contributed by atoms with E-state index in [0.29, 0.717) is 29.0 Å². The van der Waals surface area contributed by atoms with E-state index < -0.39 is 0 Å². The summed E-state index contributed by atoms with van der Waals surface area (Å²) in [5, 5.41) is 16.1. The standard InChI is InChI=1S/C29H32N6O/c30-17-19-9-11-20(12-10-19)29(36)34-24-7-3-1-5-21(24)18-35-16-13-23-26(28-31-14-15-32-28)33-25-8-4-2-6-22(25)27(23)35/h2,4,6,8-12,14-15,21,23-24,26-27,33H,1,3,5,7,13,16,18H2,(H,31,32)(H,34,36)/t21-,23-,24+,26+,27-/m0/s1. The molecule has 0 radical (unpaired) electrons. The molecule has 2 aromatic carbocycles. The molecule has 1 aromatic heterocycles. The monoisotopic (exact) mass is 480 g/mol. The van der Waals surface area contributed by atoms with E-state index in [0.717, 1.165) is 44.6 Å². The third-order valence-corrected chi connectivity index (χ3v) is 8.35. The summed E-state index contributed by atoms with van der Waals surface area (Å²) in [6.45, 7) is 2.04. The van der Waals surface area contributed by atoms with E-state index in [-0.39, 0.29) is 18.0 Å². The van der Waals surface area contributed by atoms with Crippen LogP contribution in [0.1, 0.15) is 71.5 Å². The number of hydrogen-bond donors (Lipinski definition) is 3. The smallest absolute Gasteiger partial charge is 0.251 e. The molecule has 6 rings (SSSR count). The van der Waals surface area contributed by atoms with Gasteiger partial charge in [-0.25, -0.2) is 4.98 Å². The van der Waals surface area contributed by atoms with Crippen molar-refractivity contribution in [2.45, 2.75) is 50.2 Å². The van der Waals surface area contributed by atoms with Crippen molar-refractivity contribution in [3.05, 3.63) is 83.4 Å². The van der Waals surface area contributed by atoms with Gasteiger partial charge in [-0.15, -0.1) is 0 Å². The molecule has 3 heterocycles. The fourth-order valence-corrected chi connectivity index (χ4v) is 6.61. The Balaban J connectivity index is 1.21. The largest absolute Gasteiger partial charge is 0.375 e. The van der Waals surface area contributed by atoms with Crippen molar-refractivity contribution >= 4 is 11.6 Å². The summed E-state index contributed by atoms with van der Waals surface area (Å²) in [4.78, 5) is 23.6. The minimum Gasteiger partial charge on any atom is -0.375 e. The molecule has 3 N–H and O–H groups in total. The first kappa shape index (κ1) is 22.8. The van der Waals surface area contributed by atoms with Gasteiger partial charge in [0.25, 0.3) is 5.91 Å². The molecule has 5 atom stereocenters. The van der Waals surface area contributed by atoms with Crippen LogP contribution in [-0.4, -0.2) is 39.9 Å². The van der Waals surface area contributed by atoms with Gasteiger partial charge >= 0.3 is 0 Å². The first-order valence-electron chi connectivity index (χ1n) is 13.1. The maximum absolute atomic E-state index is 13.0. The van der Waals surface area contributed by atoms with Gasteiger partial charge in [0, 0.05) is 48.2 Å². The number of aromatic nitrogens is 2. The first-order valence-corrected chi connectivity index (χ1v) is 13.1. The zero-order valence-electron chi connectivity index (χ0n) is 20.4. The lowest BCUT2D eigenvalue weighted by atomic mass is 9.81. The van der Waals surface area contributed by atoms with E-state index in [1.54, 1.807) is 24.3 Å². The lowest BCUT2D eigenvalue weighted by Crippen LogP contribution is -2.47. The molecule has 1 saturated heterocycles. The molecule has 184 valence electrons. The normalized spacial score (nSPS) is 27.4. The highest BCUT2D eigenvalue weighted by molar-refractivity contribution is 5.94. The Morgan fingerprint density at radius 1 is 1.11 bits per heavy atom. The second kappa shape index (κ2) is 9.79. The molecule has 1 saturated carbocycles. The molecule has 36 heavy (non-hydrogen) atoms. The number of likely N-dealkylation sites (tertiary alicyclic amines) is 1. The molecular formula is C29H32N6O. The number of nitrogens with one attached hydrogen (secondary N) is 3. The first-order chi connectivity index (χ1) is 17.7. The van der Waals surface area contributed by atoms with Gasteiger partial charge in [0.1, 0.15) is 5.82 Å². The number of hydrogen-bond acceptors (Lipinski definition) is 5. The van der Waals surface area contributed by atoms with Crippen molar-refractivity contribution in [2.75, 3.05) is 18.4 Å². The van der Waals surface area contributed by atoms with Gasteiger partial charge in [-0.2, -0.15) is 5.26 Å². The van der Waals surface area contributed by atoms with E-state index in [9.17, 15) is 4.79 Å². The number of H-pyrrole nitrogens is 1. The highest BCUT2D eigenvalue weighted by Crippen LogP contribution is 2.51. The number of nitriles is 1. The van der Waals surface area contributed by atoms with Crippen molar-refractivity contribution < 1.29 is 4.79 Å². The van der Waals surface area contributed by atoms with Gasteiger partial charge in [0.05, 0.1) is 17.7 Å². The van der Waals surface area contributed by atoms with Gasteiger partial charge in [0.15, 0.2) is 0 Å². The molecule has 7 heteroatoms. The fraction of sp³-hybridized carbons (Fsp3) is 0.414. The van der Waals surface area contributed by atoms with Crippen LogP contribution in [0.4, 0.5) is 5.69 Å². The van der Waals surface area contributed by atoms with Crippen molar-refractivity contribution in [1.82, 2.24) is 20.2 Å². The number of aromatic amines is 1. The quantitative estimate of drug-likeness (QED) is 0.487. The molecular weight excluding hydrogens is 448 g/mol. The van der Waals surface area contributed by atoms with E-state index >= 15 is 0 Å². The van der Waals surface area contributed by atoms with Crippen LogP contribution in [0.2, 0.25) is 0 Å². The Kier molecular flexibility index (Phi) is 6.20. The van der Waals surface area contributed by atoms with Crippen molar-refractivity contribution in [3.8, 4) is 6.07 Å². The zero-order chi connectivity index (χ0) is 24.5. The van der Waals surface area contributed by atoms with Crippen LogP contribution < -0.4 is 10.6 Å². The molecule has 1 amide bonds. The van der Waals surface area contributed by atoms with Crippen LogP contribution in [0.3, 0.4) is 0 Å². The predicted octanol–water partition coefficient (Wildman–Crippen LogP) is 4.80. The van der Waals surface area contributed by atoms with Crippen molar-refractivity contribution in [2.24, 2.45) is 11.8 Å². The predicted molar refractivity (Wildman–Crippen MR) is 138 cm³/mol. The third-order valence-electron chi connectivity index (χ3n) is 8.35. The van der Waals surface area contributed by atoms with Crippen LogP contribution >= 0.6 is 0 Å². The number of nitrogens with zero attached hydrogens (tertiary/aromatic N) is 3. The molecule has 2 fully saturated rings. The van der Waals surface area contributed by atoms with Gasteiger partial charge in [-0.05, 0) is 67.6 Å². The Bertz CT molecular complexity index is 1250. The Hall–Kier alpha value is -3.63. The average Bonchev–Trinajstić information content (AvgIpc) is 3.60. The number of anilines is 1. The number of imidazole rings is 1. The van der Waals surface area contributed by atoms with Gasteiger partial charge in [0.2, 0.25) is 0 Å². The Morgan fingerprint density at radius 2 is 1.94 bits per heavy atom. The van der Waals surface area contributed by atoms with Gasteiger partial charge < -0.3 is 15.6 Å². The number of amides is 1. The summed E-state index contributed by atoms with van der Waals surface area (Å²) < 4.78 is 0. The molecule has 2 aliphatic heterocycles. The summed E-state index contributed by atoms with van der Waals surface area (Å²) in [7, 11) is 0. The second-order valence-corrected chi connectivity index (χ2v) is 10.4. The van der Waals surface area contributed by atoms with Crippen LogP contribution in [0.25, 0.3) is 0 Å². The minimum absolute atomic E-state index is 0.0409. The highest BCUT2D eigenvalue weighted by atomic mass is 16.1. The zero-order valence-corrected chi connectivity index (χ0v) is 20.4. The van der Waals surface area contributed by atoms with E-state index in [1.165, 1.54) is 17.7 Å². The number of carbonyl (C=O) groups is 1. The SMILES string of the molecule is N#Cc1ccc(C(=O)N[C@@H]2CCCC[C@H]2CN2CC[C@H]3[C@H](c4ncc[nH]4)Nc4ccccc4[C@@H]32)cc1. The number of para-hydroxylation sites is 1. The van der Waals surface area contributed by atoms with E-state index in [4.69, 9.17) is 5.26 Å². The Morgan fingerprint density at radius 3 is 2.75 bits per heavy atom. The fourth-order valence-electron chi connectivity index (χ4n) is 6.61. The van der Waals surface area contributed by atoms with Crippen LogP contribution in [0, 0.1) is 23.2 Å². The van der Waals surface area contributed by atoms with Crippen molar-refractivity contribution in [1.29, 1.82) is 5.26 Å². The molecule has 3 aliphatic rings. The molecule has 7 nitrogen and oxygen atoms in total. The number of carbonyl (C=O) groups excluding carboxylic acids is 1. The van der Waals surface area contributed by atoms with Crippen LogP contribution in [-0.2, 0) is 0 Å². The topological polar surface area (TPSA) is 96.8 Å². The number of rotatable bonds is 5. The molecule has 1 aliphatic carbocycles. The summed E-state index contributed by atoms with van der Waals surface area (Å²) >= 11 is 0. The minimum atomic E-state index is -0.0409. The van der Waals surface area contributed by atoms with Crippen molar-refractivity contribution in [3.63, 3.8) is 0 Å². The second-order valence-electron chi connectivity index (χ2n) is 10.4. The Labute approximate surface area is 211 Å². The number of fused-ring (bicyclic) bond motifs is 3. The van der Waals surface area contributed by atoms with Crippen LogP contribution in [0.15, 0.2) is 60.9 Å². The summed E-state index contributed by atoms with van der Waals surface area (Å²) in [6, 6.07) is 18.4. The highest BCUT2D eigenvalue weighted by Gasteiger charge is 2.46. The molecule has 3 aromatic rings. The third kappa shape index (κ3) is 4.27. The molecule has 0 unspecified atom stereocenters. The summed E-state index contributed by atoms with van der Waals surface area (Å²) in [5.74, 6) is 1.83. The van der Waals surface area contributed by atoms with Crippen LogP contribution in [0.5, 0.6) is 0 Å². The van der Waals surface area contributed by atoms with E-state index in [2.05, 4.69) is 55.8 Å². The summed E-state index contributed by atoms with van der Waals surface area (Å²) in [6.07, 6.45) is 9.36. The maximum Gasteiger partial charge on any atom is 0.251 e. The number of benzene rings is 2. The van der Waals surface area contributed by atoms with Gasteiger partial charge in [-0.3, -0.25) is 9.69 Å². The molecule has 0 spiro atoms. The molecule has 0 bridgehead atoms. The summed E-state index contributed by atoms with van der Waals surface area (Å²) in [5.41, 5.74) is 3.76. The van der Waals surface area contributed by atoms with Gasteiger partial charge in [-0.1, -0.05) is 31.0 Å². The lowest BCUT2D eigenvalue weighted by Gasteiger charge is -2.41. The lowest BCUT2D eigenvalue weighted by molar-refractivity contribution is 0.0873.